The Morgan fingerprint density at radius 3 is 2.59 bits per heavy atom. The maximum atomic E-state index is 11.4. The second kappa shape index (κ2) is 7.80. The third-order valence-electron chi connectivity index (χ3n) is 3.52. The van der Waals surface area contributed by atoms with Gasteiger partial charge in [-0.15, -0.1) is 0 Å². The first kappa shape index (κ1) is 14.6. The topological polar surface area (TPSA) is 49.8 Å². The number of aliphatic hydroxyl groups is 1. The van der Waals surface area contributed by atoms with E-state index in [0.717, 1.165) is 45.1 Å². The molecule has 1 aliphatic rings. The molecule has 0 amide bonds. The molecule has 0 unspecified atom stereocenters. The van der Waals surface area contributed by atoms with Crippen LogP contribution in [0.1, 0.15) is 32.6 Å². The fourth-order valence-corrected chi connectivity index (χ4v) is 2.33. The van der Waals surface area contributed by atoms with Gasteiger partial charge in [-0.25, -0.2) is 0 Å². The number of aldehydes is 1. The number of ether oxygens (including phenoxy) is 1. The van der Waals surface area contributed by atoms with Gasteiger partial charge in [-0.1, -0.05) is 13.3 Å². The van der Waals surface area contributed by atoms with E-state index in [1.54, 1.807) is 0 Å². The van der Waals surface area contributed by atoms with Gasteiger partial charge in [0.05, 0.1) is 6.61 Å². The monoisotopic (exact) mass is 243 g/mol. The maximum absolute atomic E-state index is 11.4. The molecule has 0 spiro atoms. The van der Waals surface area contributed by atoms with E-state index in [4.69, 9.17) is 9.84 Å². The smallest absolute Gasteiger partial charge is 0.127 e. The molecular formula is C13H25NO3. The maximum Gasteiger partial charge on any atom is 0.127 e. The van der Waals surface area contributed by atoms with Crippen LogP contribution in [-0.2, 0) is 9.53 Å². The Bertz CT molecular complexity index is 215. The Hall–Kier alpha value is -0.450. The standard InChI is InChI=1S/C13H25NO3/c1-2-3-6-14(7-8-15)11-13(12-16)4-9-17-10-5-13/h12,15H,2-11H2,1H3. The highest BCUT2D eigenvalue weighted by Crippen LogP contribution is 2.29. The van der Waals surface area contributed by atoms with E-state index < -0.39 is 0 Å². The highest BCUT2D eigenvalue weighted by Gasteiger charge is 2.33. The average molecular weight is 243 g/mol. The molecule has 1 fully saturated rings. The van der Waals surface area contributed by atoms with E-state index in [-0.39, 0.29) is 12.0 Å². The van der Waals surface area contributed by atoms with Crippen molar-refractivity contribution >= 4 is 6.29 Å². The molecule has 1 saturated heterocycles. The van der Waals surface area contributed by atoms with Crippen LogP contribution in [0.25, 0.3) is 0 Å². The van der Waals surface area contributed by atoms with Gasteiger partial charge in [0.2, 0.25) is 0 Å². The number of carbonyl (C=O) groups is 1. The minimum absolute atomic E-state index is 0.162. The highest BCUT2D eigenvalue weighted by atomic mass is 16.5. The van der Waals surface area contributed by atoms with Crippen molar-refractivity contribution in [1.29, 1.82) is 0 Å². The quantitative estimate of drug-likeness (QED) is 0.648. The Morgan fingerprint density at radius 2 is 2.06 bits per heavy atom. The molecule has 100 valence electrons. The van der Waals surface area contributed by atoms with Crippen LogP contribution in [0.5, 0.6) is 0 Å². The lowest BCUT2D eigenvalue weighted by atomic mass is 9.81. The van der Waals surface area contributed by atoms with Gasteiger partial charge in [0.25, 0.3) is 0 Å². The van der Waals surface area contributed by atoms with Gasteiger partial charge in [-0.2, -0.15) is 0 Å². The van der Waals surface area contributed by atoms with Crippen molar-refractivity contribution in [1.82, 2.24) is 4.90 Å². The van der Waals surface area contributed by atoms with Crippen LogP contribution in [0.4, 0.5) is 0 Å². The van der Waals surface area contributed by atoms with Crippen molar-refractivity contribution in [2.45, 2.75) is 32.6 Å². The summed E-state index contributed by atoms with van der Waals surface area (Å²) in [5.41, 5.74) is -0.249. The molecule has 1 N–H and O–H groups in total. The fourth-order valence-electron chi connectivity index (χ4n) is 2.33. The molecule has 0 atom stereocenters. The number of rotatable bonds is 8. The van der Waals surface area contributed by atoms with E-state index in [9.17, 15) is 4.79 Å². The molecule has 0 aromatic heterocycles. The summed E-state index contributed by atoms with van der Waals surface area (Å²) in [6.45, 7) is 6.07. The molecule has 0 bridgehead atoms. The molecule has 1 aliphatic heterocycles. The summed E-state index contributed by atoms with van der Waals surface area (Å²) >= 11 is 0. The average Bonchev–Trinajstić information content (AvgIpc) is 2.37. The minimum atomic E-state index is -0.249. The summed E-state index contributed by atoms with van der Waals surface area (Å²) in [4.78, 5) is 13.6. The van der Waals surface area contributed by atoms with Gasteiger partial charge < -0.3 is 19.5 Å². The number of aliphatic hydroxyl groups excluding tert-OH is 1. The number of nitrogens with zero attached hydrogens (tertiary/aromatic N) is 1. The van der Waals surface area contributed by atoms with Crippen LogP contribution in [0.15, 0.2) is 0 Å². The third-order valence-corrected chi connectivity index (χ3v) is 3.52. The Kier molecular flexibility index (Phi) is 6.70. The lowest BCUT2D eigenvalue weighted by Gasteiger charge is -2.36. The van der Waals surface area contributed by atoms with Crippen LogP contribution < -0.4 is 0 Å². The van der Waals surface area contributed by atoms with Gasteiger partial charge in [-0.05, 0) is 25.8 Å². The van der Waals surface area contributed by atoms with E-state index in [1.807, 2.05) is 0 Å². The predicted octanol–water partition coefficient (Wildman–Crippen LogP) is 1.08. The number of unbranched alkanes of at least 4 members (excludes halogenated alkanes) is 1. The molecule has 4 heteroatoms. The molecule has 0 aliphatic carbocycles. The van der Waals surface area contributed by atoms with E-state index in [2.05, 4.69) is 11.8 Å². The Morgan fingerprint density at radius 1 is 1.35 bits per heavy atom. The van der Waals surface area contributed by atoms with Crippen molar-refractivity contribution in [2.75, 3.05) is 39.5 Å². The summed E-state index contributed by atoms with van der Waals surface area (Å²) in [5.74, 6) is 0. The van der Waals surface area contributed by atoms with Crippen LogP contribution >= 0.6 is 0 Å². The van der Waals surface area contributed by atoms with E-state index in [0.29, 0.717) is 19.8 Å². The first-order valence-electron chi connectivity index (χ1n) is 6.63. The highest BCUT2D eigenvalue weighted by molar-refractivity contribution is 5.60. The summed E-state index contributed by atoms with van der Waals surface area (Å²) in [5, 5.41) is 9.07. The molecule has 0 aromatic rings. The summed E-state index contributed by atoms with van der Waals surface area (Å²) in [7, 11) is 0. The van der Waals surface area contributed by atoms with Crippen LogP contribution in [0, 0.1) is 5.41 Å². The van der Waals surface area contributed by atoms with Gasteiger partial charge in [0.15, 0.2) is 0 Å². The second-order valence-electron chi connectivity index (χ2n) is 4.95. The number of hydrogen-bond donors (Lipinski definition) is 1. The molecule has 4 nitrogen and oxygen atoms in total. The Balaban J connectivity index is 2.51. The lowest BCUT2D eigenvalue weighted by molar-refractivity contribution is -0.123. The molecular weight excluding hydrogens is 218 g/mol. The van der Waals surface area contributed by atoms with E-state index in [1.165, 1.54) is 0 Å². The Labute approximate surface area is 104 Å². The predicted molar refractivity (Wildman–Crippen MR) is 67.0 cm³/mol. The molecule has 1 rings (SSSR count). The van der Waals surface area contributed by atoms with Crippen molar-refractivity contribution < 1.29 is 14.6 Å². The zero-order chi connectivity index (χ0) is 12.6. The van der Waals surface area contributed by atoms with Gasteiger partial charge >= 0.3 is 0 Å². The molecule has 17 heavy (non-hydrogen) atoms. The van der Waals surface area contributed by atoms with Crippen LogP contribution in [0.2, 0.25) is 0 Å². The number of hydrogen-bond acceptors (Lipinski definition) is 4. The SMILES string of the molecule is CCCCN(CCO)CC1(C=O)CCOCC1. The van der Waals surface area contributed by atoms with E-state index >= 15 is 0 Å². The molecule has 1 heterocycles. The largest absolute Gasteiger partial charge is 0.395 e. The van der Waals surface area contributed by atoms with Crippen molar-refractivity contribution in [3.8, 4) is 0 Å². The van der Waals surface area contributed by atoms with Crippen molar-refractivity contribution in [3.63, 3.8) is 0 Å². The molecule has 0 aromatic carbocycles. The van der Waals surface area contributed by atoms with Gasteiger partial charge in [0, 0.05) is 31.7 Å². The molecule has 0 saturated carbocycles. The summed E-state index contributed by atoms with van der Waals surface area (Å²) in [6, 6.07) is 0. The normalized spacial score (nSPS) is 19.5. The zero-order valence-corrected chi connectivity index (χ0v) is 10.9. The van der Waals surface area contributed by atoms with Crippen molar-refractivity contribution in [3.05, 3.63) is 0 Å². The molecule has 0 radical (unpaired) electrons. The lowest BCUT2D eigenvalue weighted by Crippen LogP contribution is -2.44. The summed E-state index contributed by atoms with van der Waals surface area (Å²) < 4.78 is 5.32. The van der Waals surface area contributed by atoms with Crippen molar-refractivity contribution in [2.24, 2.45) is 5.41 Å². The van der Waals surface area contributed by atoms with Gasteiger partial charge in [-0.3, -0.25) is 0 Å². The van der Waals surface area contributed by atoms with Crippen LogP contribution in [0.3, 0.4) is 0 Å². The summed E-state index contributed by atoms with van der Waals surface area (Å²) in [6.07, 6.45) is 4.98. The third kappa shape index (κ3) is 4.74. The fraction of sp³-hybridized carbons (Fsp3) is 0.923. The minimum Gasteiger partial charge on any atom is -0.395 e. The number of carbonyl (C=O) groups excluding carboxylic acids is 1. The first-order chi connectivity index (χ1) is 8.26. The first-order valence-corrected chi connectivity index (χ1v) is 6.63. The zero-order valence-electron chi connectivity index (χ0n) is 10.9. The van der Waals surface area contributed by atoms with Gasteiger partial charge in [0.1, 0.15) is 6.29 Å². The van der Waals surface area contributed by atoms with Crippen LogP contribution in [-0.4, -0.2) is 55.7 Å². The second-order valence-corrected chi connectivity index (χ2v) is 4.95.